The quantitative estimate of drug-likeness (QED) is 0.238. The number of aliphatic imine (C=N–C) groups is 1. The maximum atomic E-state index is 10.4. The second-order valence-corrected chi connectivity index (χ2v) is 6.64. The van der Waals surface area contributed by atoms with E-state index in [0.29, 0.717) is 44.4 Å². The van der Waals surface area contributed by atoms with Crippen molar-refractivity contribution in [2.75, 3.05) is 46.6 Å². The molecule has 154 valence electrons. The molecule has 2 unspecified atom stereocenters. The molecule has 1 saturated heterocycles. The van der Waals surface area contributed by atoms with E-state index in [-0.39, 0.29) is 36.0 Å². The number of nitrogens with one attached hydrogen (secondary N) is 2. The van der Waals surface area contributed by atoms with E-state index in [4.69, 9.17) is 9.47 Å². The minimum absolute atomic E-state index is 0. The maximum absolute atomic E-state index is 10.4. The molecule has 27 heavy (non-hydrogen) atoms. The summed E-state index contributed by atoms with van der Waals surface area (Å²) < 4.78 is 10.7. The minimum Gasteiger partial charge on any atom is -0.497 e. The number of guanidine groups is 1. The molecule has 1 aromatic rings. The molecule has 2 rings (SSSR count). The van der Waals surface area contributed by atoms with Crippen molar-refractivity contribution in [1.82, 2.24) is 10.6 Å². The first-order valence-corrected chi connectivity index (χ1v) is 9.15. The van der Waals surface area contributed by atoms with E-state index in [1.54, 1.807) is 7.11 Å². The predicted octanol–water partition coefficient (Wildman–Crippen LogP) is 1.69. The highest BCUT2D eigenvalue weighted by atomic mass is 127. The zero-order chi connectivity index (χ0) is 18.8. The molecule has 1 fully saturated rings. The summed E-state index contributed by atoms with van der Waals surface area (Å²) in [7, 11) is 1.61. The van der Waals surface area contributed by atoms with Crippen LogP contribution in [0.25, 0.3) is 0 Å². The number of rotatable bonds is 9. The van der Waals surface area contributed by atoms with Crippen molar-refractivity contribution in [1.29, 1.82) is 0 Å². The van der Waals surface area contributed by atoms with Crippen LogP contribution in [-0.4, -0.2) is 62.7 Å². The summed E-state index contributed by atoms with van der Waals surface area (Å²) in [4.78, 5) is 4.65. The monoisotopic (exact) mass is 493 g/mol. The topological polar surface area (TPSA) is 95.3 Å². The number of hydrogen-bond donors (Lipinski definition) is 4. The van der Waals surface area contributed by atoms with Crippen LogP contribution in [0.4, 0.5) is 0 Å². The number of nitrogens with zero attached hydrogens (tertiary/aromatic N) is 1. The zero-order valence-electron chi connectivity index (χ0n) is 16.1. The van der Waals surface area contributed by atoms with Crippen LogP contribution in [0.5, 0.6) is 5.75 Å². The van der Waals surface area contributed by atoms with Crippen molar-refractivity contribution in [2.24, 2.45) is 10.4 Å². The van der Waals surface area contributed by atoms with E-state index < -0.39 is 6.10 Å². The average Bonchev–Trinajstić information content (AvgIpc) is 3.13. The van der Waals surface area contributed by atoms with E-state index in [2.05, 4.69) is 15.6 Å². The first kappa shape index (κ1) is 23.9. The van der Waals surface area contributed by atoms with Crippen molar-refractivity contribution < 1.29 is 19.7 Å². The fourth-order valence-corrected chi connectivity index (χ4v) is 3.04. The number of halogens is 1. The molecule has 0 radical (unpaired) electrons. The Bertz CT molecular complexity index is 580. The molecular formula is C19H32IN3O4. The van der Waals surface area contributed by atoms with Crippen LogP contribution in [0.2, 0.25) is 0 Å². The summed E-state index contributed by atoms with van der Waals surface area (Å²) in [6, 6.07) is 7.39. The first-order valence-electron chi connectivity index (χ1n) is 9.15. The summed E-state index contributed by atoms with van der Waals surface area (Å²) in [6.07, 6.45) is 0.917. The van der Waals surface area contributed by atoms with Gasteiger partial charge in [-0.1, -0.05) is 12.1 Å². The van der Waals surface area contributed by atoms with Gasteiger partial charge in [0.15, 0.2) is 5.96 Å². The Labute approximate surface area is 178 Å². The highest BCUT2D eigenvalue weighted by Crippen LogP contribution is 2.32. The summed E-state index contributed by atoms with van der Waals surface area (Å²) in [6.45, 7) is 5.12. The molecule has 1 aliphatic heterocycles. The van der Waals surface area contributed by atoms with Crippen molar-refractivity contribution >= 4 is 29.9 Å². The van der Waals surface area contributed by atoms with E-state index >= 15 is 0 Å². The highest BCUT2D eigenvalue weighted by Gasteiger charge is 2.34. The smallest absolute Gasteiger partial charge is 0.191 e. The van der Waals surface area contributed by atoms with Crippen molar-refractivity contribution in [3.8, 4) is 5.75 Å². The van der Waals surface area contributed by atoms with Crippen LogP contribution in [0, 0.1) is 5.41 Å². The van der Waals surface area contributed by atoms with Gasteiger partial charge in [-0.15, -0.1) is 24.0 Å². The van der Waals surface area contributed by atoms with Crippen LogP contribution >= 0.6 is 24.0 Å². The molecule has 7 nitrogen and oxygen atoms in total. The normalized spacial score (nSPS) is 20.7. The lowest BCUT2D eigenvalue weighted by atomic mass is 9.84. The van der Waals surface area contributed by atoms with Gasteiger partial charge in [-0.3, -0.25) is 4.99 Å². The Balaban J connectivity index is 0.00000364. The third-order valence-corrected chi connectivity index (χ3v) is 4.69. The molecule has 8 heteroatoms. The number of benzene rings is 1. The molecule has 1 aromatic carbocycles. The highest BCUT2D eigenvalue weighted by molar-refractivity contribution is 14.0. The number of aliphatic hydroxyl groups excluding tert-OH is 2. The second-order valence-electron chi connectivity index (χ2n) is 6.64. The van der Waals surface area contributed by atoms with Gasteiger partial charge >= 0.3 is 0 Å². The van der Waals surface area contributed by atoms with Gasteiger partial charge in [-0.25, -0.2) is 0 Å². The van der Waals surface area contributed by atoms with Crippen molar-refractivity contribution in [3.63, 3.8) is 0 Å². The lowest BCUT2D eigenvalue weighted by Gasteiger charge is -2.25. The molecule has 2 atom stereocenters. The molecule has 1 heterocycles. The zero-order valence-corrected chi connectivity index (χ0v) is 18.4. The Morgan fingerprint density at radius 2 is 2.22 bits per heavy atom. The van der Waals surface area contributed by atoms with Gasteiger partial charge in [0.25, 0.3) is 0 Å². The molecule has 0 bridgehead atoms. The van der Waals surface area contributed by atoms with Crippen LogP contribution in [0.3, 0.4) is 0 Å². The van der Waals surface area contributed by atoms with Crippen molar-refractivity contribution in [3.05, 3.63) is 29.8 Å². The number of ether oxygens (including phenoxy) is 2. The van der Waals surface area contributed by atoms with Gasteiger partial charge in [0, 0.05) is 31.7 Å². The fraction of sp³-hybridized carbons (Fsp3) is 0.632. The summed E-state index contributed by atoms with van der Waals surface area (Å²) >= 11 is 0. The van der Waals surface area contributed by atoms with Crippen LogP contribution < -0.4 is 15.4 Å². The summed E-state index contributed by atoms with van der Waals surface area (Å²) in [5.74, 6) is 1.37. The molecule has 0 saturated carbocycles. The second kappa shape index (κ2) is 12.4. The largest absolute Gasteiger partial charge is 0.497 e. The van der Waals surface area contributed by atoms with E-state index in [0.717, 1.165) is 18.5 Å². The van der Waals surface area contributed by atoms with Gasteiger partial charge in [0.05, 0.1) is 26.4 Å². The Morgan fingerprint density at radius 1 is 1.41 bits per heavy atom. The SMILES string of the molecule is CCNC(=NCC1(CCO)CCOC1)NCC(O)c1cccc(OC)c1.I. The summed E-state index contributed by atoms with van der Waals surface area (Å²) in [5.41, 5.74) is 0.691. The molecule has 1 aliphatic rings. The lowest BCUT2D eigenvalue weighted by molar-refractivity contribution is 0.131. The van der Waals surface area contributed by atoms with Gasteiger partial charge in [-0.2, -0.15) is 0 Å². The van der Waals surface area contributed by atoms with Gasteiger partial charge in [0.1, 0.15) is 5.75 Å². The molecule has 0 amide bonds. The Morgan fingerprint density at radius 3 is 2.85 bits per heavy atom. The number of aliphatic hydroxyl groups is 2. The van der Waals surface area contributed by atoms with Crippen molar-refractivity contribution in [2.45, 2.75) is 25.9 Å². The summed E-state index contributed by atoms with van der Waals surface area (Å²) in [5, 5.41) is 26.1. The molecular weight excluding hydrogens is 461 g/mol. The standard InChI is InChI=1S/C19H31N3O4.HI/c1-3-20-18(22-13-19(7-9-23)8-10-26-14-19)21-12-17(24)15-5-4-6-16(11-15)25-2;/h4-6,11,17,23-24H,3,7-10,12-14H2,1-2H3,(H2,20,21,22);1H. The Hall–Kier alpha value is -1.10. The van der Waals surface area contributed by atoms with Crippen LogP contribution in [0.1, 0.15) is 31.4 Å². The van der Waals surface area contributed by atoms with Gasteiger partial charge in [0.2, 0.25) is 0 Å². The third-order valence-electron chi connectivity index (χ3n) is 4.69. The first-order chi connectivity index (χ1) is 12.6. The Kier molecular flexibility index (Phi) is 11.0. The third kappa shape index (κ3) is 7.44. The molecule has 0 spiro atoms. The fourth-order valence-electron chi connectivity index (χ4n) is 3.04. The number of hydrogen-bond acceptors (Lipinski definition) is 5. The average molecular weight is 493 g/mol. The maximum Gasteiger partial charge on any atom is 0.191 e. The van der Waals surface area contributed by atoms with E-state index in [1.165, 1.54) is 0 Å². The molecule has 4 N–H and O–H groups in total. The minimum atomic E-state index is -0.671. The van der Waals surface area contributed by atoms with Crippen LogP contribution in [0.15, 0.2) is 29.3 Å². The van der Waals surface area contributed by atoms with E-state index in [9.17, 15) is 10.2 Å². The lowest BCUT2D eigenvalue weighted by Crippen LogP contribution is -2.40. The molecule has 0 aliphatic carbocycles. The number of methoxy groups -OCH3 is 1. The van der Waals surface area contributed by atoms with Gasteiger partial charge in [-0.05, 0) is 37.5 Å². The van der Waals surface area contributed by atoms with Crippen LogP contribution in [-0.2, 0) is 4.74 Å². The van der Waals surface area contributed by atoms with E-state index in [1.807, 2.05) is 31.2 Å². The molecule has 0 aromatic heterocycles. The predicted molar refractivity (Wildman–Crippen MR) is 117 cm³/mol. The van der Waals surface area contributed by atoms with Gasteiger partial charge < -0.3 is 30.3 Å².